The highest BCUT2D eigenvalue weighted by Crippen LogP contribution is 2.22. The van der Waals surface area contributed by atoms with Crippen molar-refractivity contribution in [2.75, 3.05) is 25.0 Å². The Morgan fingerprint density at radius 2 is 1.76 bits per heavy atom. The summed E-state index contributed by atoms with van der Waals surface area (Å²) in [5.74, 6) is -1.19. The Bertz CT molecular complexity index is 1290. The minimum Gasteiger partial charge on any atom is -0.452 e. The molecular weight excluding hydrogens is 442 g/mol. The van der Waals surface area contributed by atoms with Crippen LogP contribution in [0.5, 0.6) is 0 Å². The number of carbonyl (C=O) groups is 2. The first kappa shape index (κ1) is 22.6. The van der Waals surface area contributed by atoms with Gasteiger partial charge in [0.05, 0.1) is 10.4 Å². The largest absolute Gasteiger partial charge is 0.452 e. The number of esters is 1. The quantitative estimate of drug-likeness (QED) is 0.424. The Kier molecular flexibility index (Phi) is 6.81. The number of pyridine rings is 1. The first-order valence-corrected chi connectivity index (χ1v) is 12.0. The summed E-state index contributed by atoms with van der Waals surface area (Å²) >= 11 is 0. The number of anilines is 1. The lowest BCUT2D eigenvalue weighted by atomic mass is 10.1. The highest BCUT2D eigenvalue weighted by atomic mass is 32.2. The normalized spacial score (nSPS) is 14.5. The standard InChI is InChI=1S/C24H23N3O5S/c28-22(26-20-9-11-21(12-10-20)33(30,31)27-15-1-2-16-27)17-32-23(29)13-8-19-6-3-5-18-7-4-14-25-24(18)19/h3-14H,1-2,15-17H2,(H,26,28)/b13-8+. The number of amides is 1. The number of ether oxygens (including phenoxy) is 1. The van der Waals surface area contributed by atoms with Crippen molar-refractivity contribution in [2.45, 2.75) is 17.7 Å². The molecule has 0 radical (unpaired) electrons. The third kappa shape index (κ3) is 5.44. The van der Waals surface area contributed by atoms with E-state index in [0.717, 1.165) is 29.3 Å². The van der Waals surface area contributed by atoms with E-state index in [0.29, 0.717) is 18.8 Å². The highest BCUT2D eigenvalue weighted by Gasteiger charge is 2.26. The lowest BCUT2D eigenvalue weighted by molar-refractivity contribution is -0.142. The molecule has 1 aliphatic heterocycles. The molecule has 0 bridgehead atoms. The SMILES string of the molecule is O=C(COC(=O)/C=C/c1cccc2cccnc12)Nc1ccc(S(=O)(=O)N2CCCC2)cc1. The molecule has 1 amide bonds. The van der Waals surface area contributed by atoms with Crippen molar-refractivity contribution in [1.82, 2.24) is 9.29 Å². The topological polar surface area (TPSA) is 106 Å². The molecule has 4 rings (SSSR count). The van der Waals surface area contributed by atoms with Crippen LogP contribution in [0.15, 0.2) is 71.8 Å². The van der Waals surface area contributed by atoms with Gasteiger partial charge in [0.1, 0.15) is 0 Å². The maximum Gasteiger partial charge on any atom is 0.331 e. The van der Waals surface area contributed by atoms with E-state index < -0.39 is 28.5 Å². The van der Waals surface area contributed by atoms with E-state index in [-0.39, 0.29) is 4.90 Å². The molecule has 1 aromatic heterocycles. The third-order valence-electron chi connectivity index (χ3n) is 5.25. The van der Waals surface area contributed by atoms with Crippen molar-refractivity contribution in [3.63, 3.8) is 0 Å². The Morgan fingerprint density at radius 3 is 2.52 bits per heavy atom. The van der Waals surface area contributed by atoms with E-state index in [2.05, 4.69) is 10.3 Å². The van der Waals surface area contributed by atoms with E-state index >= 15 is 0 Å². The second-order valence-electron chi connectivity index (χ2n) is 7.55. The summed E-state index contributed by atoms with van der Waals surface area (Å²) in [6.07, 6.45) is 6.24. The zero-order valence-electron chi connectivity index (χ0n) is 17.8. The van der Waals surface area contributed by atoms with Gasteiger partial charge in [0.2, 0.25) is 10.0 Å². The van der Waals surface area contributed by atoms with Crippen LogP contribution in [0.3, 0.4) is 0 Å². The van der Waals surface area contributed by atoms with Crippen LogP contribution in [0, 0.1) is 0 Å². The zero-order chi connectivity index (χ0) is 23.3. The van der Waals surface area contributed by atoms with Crippen LogP contribution in [0.4, 0.5) is 5.69 Å². The van der Waals surface area contributed by atoms with E-state index in [9.17, 15) is 18.0 Å². The number of aromatic nitrogens is 1. The summed E-state index contributed by atoms with van der Waals surface area (Å²) in [5.41, 5.74) is 1.93. The number of benzene rings is 2. The van der Waals surface area contributed by atoms with Gasteiger partial charge in [0, 0.05) is 42.0 Å². The Morgan fingerprint density at radius 1 is 1.03 bits per heavy atom. The van der Waals surface area contributed by atoms with E-state index in [1.807, 2.05) is 30.3 Å². The van der Waals surface area contributed by atoms with Crippen LogP contribution >= 0.6 is 0 Å². The summed E-state index contributed by atoms with van der Waals surface area (Å²) in [4.78, 5) is 28.6. The van der Waals surface area contributed by atoms with Crippen LogP contribution in [0.25, 0.3) is 17.0 Å². The molecule has 0 saturated carbocycles. The number of rotatable bonds is 7. The van der Waals surface area contributed by atoms with Crippen LogP contribution < -0.4 is 5.32 Å². The number of fused-ring (bicyclic) bond motifs is 1. The fourth-order valence-corrected chi connectivity index (χ4v) is 5.11. The monoisotopic (exact) mass is 465 g/mol. The minimum absolute atomic E-state index is 0.182. The predicted molar refractivity (Wildman–Crippen MR) is 125 cm³/mol. The fourth-order valence-electron chi connectivity index (χ4n) is 3.59. The molecule has 1 N–H and O–H groups in total. The molecule has 0 atom stereocenters. The van der Waals surface area contributed by atoms with Crippen LogP contribution in [-0.2, 0) is 24.3 Å². The van der Waals surface area contributed by atoms with E-state index in [4.69, 9.17) is 4.74 Å². The molecule has 170 valence electrons. The summed E-state index contributed by atoms with van der Waals surface area (Å²) < 4.78 is 31.6. The second-order valence-corrected chi connectivity index (χ2v) is 9.49. The fraction of sp³-hybridized carbons (Fsp3) is 0.208. The molecule has 3 aromatic rings. The van der Waals surface area contributed by atoms with Gasteiger partial charge in [0.25, 0.3) is 5.91 Å². The van der Waals surface area contributed by atoms with Crippen molar-refractivity contribution in [3.05, 3.63) is 72.4 Å². The predicted octanol–water partition coefficient (Wildman–Crippen LogP) is 3.21. The van der Waals surface area contributed by atoms with E-state index in [1.54, 1.807) is 12.3 Å². The first-order chi connectivity index (χ1) is 15.9. The zero-order valence-corrected chi connectivity index (χ0v) is 18.6. The van der Waals surface area contributed by atoms with Crippen molar-refractivity contribution in [3.8, 4) is 0 Å². The summed E-state index contributed by atoms with van der Waals surface area (Å²) in [6, 6.07) is 15.3. The van der Waals surface area contributed by atoms with Gasteiger partial charge in [-0.3, -0.25) is 9.78 Å². The number of nitrogens with one attached hydrogen (secondary N) is 1. The average molecular weight is 466 g/mol. The molecule has 0 unspecified atom stereocenters. The first-order valence-electron chi connectivity index (χ1n) is 10.5. The van der Waals surface area contributed by atoms with Gasteiger partial charge in [-0.1, -0.05) is 24.3 Å². The third-order valence-corrected chi connectivity index (χ3v) is 7.16. The smallest absolute Gasteiger partial charge is 0.331 e. The molecule has 9 heteroatoms. The summed E-state index contributed by atoms with van der Waals surface area (Å²) in [7, 11) is -3.51. The van der Waals surface area contributed by atoms with Gasteiger partial charge < -0.3 is 10.1 Å². The van der Waals surface area contributed by atoms with Crippen molar-refractivity contribution in [1.29, 1.82) is 0 Å². The number of hydrogen-bond acceptors (Lipinski definition) is 6. The van der Waals surface area contributed by atoms with Gasteiger partial charge in [-0.05, 0) is 49.2 Å². The van der Waals surface area contributed by atoms with Crippen LogP contribution in [0.1, 0.15) is 18.4 Å². The molecular formula is C24H23N3O5S. The van der Waals surface area contributed by atoms with Gasteiger partial charge >= 0.3 is 5.97 Å². The molecule has 2 heterocycles. The Balaban J connectivity index is 1.30. The average Bonchev–Trinajstić information content (AvgIpc) is 3.38. The van der Waals surface area contributed by atoms with Gasteiger partial charge in [-0.25, -0.2) is 13.2 Å². The van der Waals surface area contributed by atoms with Crippen molar-refractivity contribution < 1.29 is 22.7 Å². The maximum atomic E-state index is 12.6. The number of para-hydroxylation sites is 1. The Hall–Kier alpha value is -3.56. The minimum atomic E-state index is -3.51. The molecule has 1 aliphatic rings. The molecule has 8 nitrogen and oxygen atoms in total. The van der Waals surface area contributed by atoms with Crippen molar-refractivity contribution >= 4 is 44.6 Å². The lowest BCUT2D eigenvalue weighted by Crippen LogP contribution is -2.27. The molecule has 2 aromatic carbocycles. The maximum absolute atomic E-state index is 12.6. The van der Waals surface area contributed by atoms with Gasteiger partial charge in [-0.2, -0.15) is 4.31 Å². The number of sulfonamides is 1. The number of hydrogen-bond donors (Lipinski definition) is 1. The molecule has 0 aliphatic carbocycles. The Labute approximate surface area is 191 Å². The highest BCUT2D eigenvalue weighted by molar-refractivity contribution is 7.89. The summed E-state index contributed by atoms with van der Waals surface area (Å²) in [6.45, 7) is 0.583. The van der Waals surface area contributed by atoms with Gasteiger partial charge in [-0.15, -0.1) is 0 Å². The van der Waals surface area contributed by atoms with Crippen molar-refractivity contribution in [2.24, 2.45) is 0 Å². The molecule has 0 spiro atoms. The number of nitrogens with zero attached hydrogens (tertiary/aromatic N) is 2. The van der Waals surface area contributed by atoms with Crippen LogP contribution in [0.2, 0.25) is 0 Å². The van der Waals surface area contributed by atoms with Crippen LogP contribution in [-0.4, -0.2) is 49.3 Å². The number of carbonyl (C=O) groups excluding carboxylic acids is 2. The van der Waals surface area contributed by atoms with E-state index in [1.165, 1.54) is 34.6 Å². The molecule has 1 saturated heterocycles. The molecule has 1 fully saturated rings. The second kappa shape index (κ2) is 9.93. The lowest BCUT2D eigenvalue weighted by Gasteiger charge is -2.15. The van der Waals surface area contributed by atoms with Gasteiger partial charge in [0.15, 0.2) is 6.61 Å². The molecule has 33 heavy (non-hydrogen) atoms. The summed E-state index contributed by atoms with van der Waals surface area (Å²) in [5, 5.41) is 3.54.